The molecule has 0 fully saturated rings. The van der Waals surface area contributed by atoms with E-state index in [2.05, 4.69) is 29.6 Å². The molecular weight excluding hydrogens is 314 g/mol. The molecule has 3 aromatic carbocycles. The topological polar surface area (TPSA) is 47.6 Å². The van der Waals surface area contributed by atoms with Crippen molar-refractivity contribution in [2.75, 3.05) is 14.2 Å². The highest BCUT2D eigenvalue weighted by Crippen LogP contribution is 2.27. The molecule has 3 rings (SSSR count). The fourth-order valence-electron chi connectivity index (χ4n) is 2.79. The van der Waals surface area contributed by atoms with Crippen LogP contribution in [-0.2, 0) is 17.8 Å². The van der Waals surface area contributed by atoms with Crippen molar-refractivity contribution in [2.45, 2.75) is 13.0 Å². The van der Waals surface area contributed by atoms with E-state index in [1.54, 1.807) is 14.2 Å². The summed E-state index contributed by atoms with van der Waals surface area (Å²) in [6.45, 7) is 0.511. The van der Waals surface area contributed by atoms with Crippen LogP contribution in [-0.4, -0.2) is 20.1 Å². The SMILES string of the molecule is COc1ccc(CC(=O)NCc2ccc3ccccc3c2)cc1OC. The highest BCUT2D eigenvalue weighted by Gasteiger charge is 2.08. The Bertz CT molecular complexity index is 889. The molecule has 0 atom stereocenters. The Kier molecular flexibility index (Phi) is 5.19. The van der Waals surface area contributed by atoms with Gasteiger partial charge in [-0.15, -0.1) is 0 Å². The van der Waals surface area contributed by atoms with Gasteiger partial charge in [0.25, 0.3) is 0 Å². The number of fused-ring (bicyclic) bond motifs is 1. The number of methoxy groups -OCH3 is 2. The summed E-state index contributed by atoms with van der Waals surface area (Å²) in [5.41, 5.74) is 1.97. The molecule has 3 aromatic rings. The summed E-state index contributed by atoms with van der Waals surface area (Å²) in [6, 6.07) is 19.9. The maximum Gasteiger partial charge on any atom is 0.224 e. The van der Waals surface area contributed by atoms with E-state index < -0.39 is 0 Å². The molecule has 0 unspecified atom stereocenters. The number of benzene rings is 3. The lowest BCUT2D eigenvalue weighted by Gasteiger charge is -2.10. The van der Waals surface area contributed by atoms with Crippen LogP contribution in [0, 0.1) is 0 Å². The molecule has 0 aromatic heterocycles. The standard InChI is InChI=1S/C21H21NO3/c1-24-19-10-8-15(12-20(19)25-2)13-21(23)22-14-16-7-9-17-5-3-4-6-18(17)11-16/h3-12H,13-14H2,1-2H3,(H,22,23). The third-order valence-electron chi connectivity index (χ3n) is 4.12. The number of carbonyl (C=O) groups is 1. The number of hydrogen-bond donors (Lipinski definition) is 1. The first-order valence-corrected chi connectivity index (χ1v) is 8.15. The zero-order valence-corrected chi connectivity index (χ0v) is 14.4. The van der Waals surface area contributed by atoms with Gasteiger partial charge in [-0.2, -0.15) is 0 Å². The molecule has 25 heavy (non-hydrogen) atoms. The normalized spacial score (nSPS) is 10.5. The van der Waals surface area contributed by atoms with Crippen LogP contribution in [0.2, 0.25) is 0 Å². The van der Waals surface area contributed by atoms with Gasteiger partial charge in [0.1, 0.15) is 0 Å². The quantitative estimate of drug-likeness (QED) is 0.747. The van der Waals surface area contributed by atoms with Crippen LogP contribution in [0.15, 0.2) is 60.7 Å². The first-order chi connectivity index (χ1) is 12.2. The summed E-state index contributed by atoms with van der Waals surface area (Å²) in [7, 11) is 3.18. The van der Waals surface area contributed by atoms with Crippen molar-refractivity contribution in [1.29, 1.82) is 0 Å². The summed E-state index contributed by atoms with van der Waals surface area (Å²) in [5.74, 6) is 1.26. The summed E-state index contributed by atoms with van der Waals surface area (Å²) in [5, 5.41) is 5.34. The van der Waals surface area contributed by atoms with E-state index in [1.807, 2.05) is 36.4 Å². The highest BCUT2D eigenvalue weighted by atomic mass is 16.5. The first-order valence-electron chi connectivity index (χ1n) is 8.15. The predicted octanol–water partition coefficient (Wildman–Crippen LogP) is 3.72. The molecule has 0 radical (unpaired) electrons. The van der Waals surface area contributed by atoms with E-state index in [0.717, 1.165) is 11.1 Å². The van der Waals surface area contributed by atoms with Crippen LogP contribution in [0.3, 0.4) is 0 Å². The smallest absolute Gasteiger partial charge is 0.224 e. The van der Waals surface area contributed by atoms with Crippen LogP contribution < -0.4 is 14.8 Å². The van der Waals surface area contributed by atoms with E-state index in [4.69, 9.17) is 9.47 Å². The maximum absolute atomic E-state index is 12.2. The highest BCUT2D eigenvalue weighted by molar-refractivity contribution is 5.83. The molecule has 0 saturated carbocycles. The van der Waals surface area contributed by atoms with Crippen LogP contribution >= 0.6 is 0 Å². The van der Waals surface area contributed by atoms with Gasteiger partial charge in [0.15, 0.2) is 11.5 Å². The van der Waals surface area contributed by atoms with E-state index >= 15 is 0 Å². The second-order valence-corrected chi connectivity index (χ2v) is 5.82. The van der Waals surface area contributed by atoms with E-state index in [-0.39, 0.29) is 5.91 Å². The molecule has 0 heterocycles. The molecule has 1 N–H and O–H groups in total. The average molecular weight is 335 g/mol. The number of ether oxygens (including phenoxy) is 2. The van der Waals surface area contributed by atoms with Crippen molar-refractivity contribution in [3.63, 3.8) is 0 Å². The van der Waals surface area contributed by atoms with Gasteiger partial charge in [0.05, 0.1) is 20.6 Å². The van der Waals surface area contributed by atoms with Gasteiger partial charge in [-0.1, -0.05) is 42.5 Å². The molecule has 0 aliphatic rings. The minimum Gasteiger partial charge on any atom is -0.493 e. The third-order valence-corrected chi connectivity index (χ3v) is 4.12. The molecule has 0 aliphatic heterocycles. The summed E-state index contributed by atoms with van der Waals surface area (Å²) >= 11 is 0. The fraction of sp³-hybridized carbons (Fsp3) is 0.190. The van der Waals surface area contributed by atoms with Crippen molar-refractivity contribution in [2.24, 2.45) is 0 Å². The zero-order valence-electron chi connectivity index (χ0n) is 14.4. The van der Waals surface area contributed by atoms with Gasteiger partial charge in [0, 0.05) is 6.54 Å². The van der Waals surface area contributed by atoms with Crippen LogP contribution in [0.1, 0.15) is 11.1 Å². The fourth-order valence-corrected chi connectivity index (χ4v) is 2.79. The number of carbonyl (C=O) groups excluding carboxylic acids is 1. The lowest BCUT2D eigenvalue weighted by Crippen LogP contribution is -2.24. The Morgan fingerprint density at radius 3 is 2.32 bits per heavy atom. The first kappa shape index (κ1) is 16.8. The molecule has 128 valence electrons. The lowest BCUT2D eigenvalue weighted by molar-refractivity contribution is -0.120. The Labute approximate surface area is 147 Å². The van der Waals surface area contributed by atoms with Crippen LogP contribution in [0.25, 0.3) is 10.8 Å². The molecule has 0 aliphatic carbocycles. The van der Waals surface area contributed by atoms with Crippen molar-refractivity contribution < 1.29 is 14.3 Å². The van der Waals surface area contributed by atoms with Crippen molar-refractivity contribution in [3.8, 4) is 11.5 Å². The largest absolute Gasteiger partial charge is 0.493 e. The minimum absolute atomic E-state index is 0.0274. The molecule has 0 spiro atoms. The van der Waals surface area contributed by atoms with E-state index in [1.165, 1.54) is 10.8 Å². The number of hydrogen-bond acceptors (Lipinski definition) is 3. The second kappa shape index (κ2) is 7.71. The van der Waals surface area contributed by atoms with Crippen LogP contribution in [0.5, 0.6) is 11.5 Å². The number of amides is 1. The van der Waals surface area contributed by atoms with Gasteiger partial charge < -0.3 is 14.8 Å². The monoisotopic (exact) mass is 335 g/mol. The average Bonchev–Trinajstić information content (AvgIpc) is 2.66. The Hall–Kier alpha value is -3.01. The lowest BCUT2D eigenvalue weighted by atomic mass is 10.1. The molecule has 1 amide bonds. The zero-order chi connectivity index (χ0) is 17.6. The van der Waals surface area contributed by atoms with Gasteiger partial charge in [0.2, 0.25) is 5.91 Å². The van der Waals surface area contributed by atoms with Crippen molar-refractivity contribution >= 4 is 16.7 Å². The summed E-state index contributed by atoms with van der Waals surface area (Å²) < 4.78 is 10.5. The summed E-state index contributed by atoms with van der Waals surface area (Å²) in [4.78, 5) is 12.2. The number of rotatable bonds is 6. The van der Waals surface area contributed by atoms with E-state index in [0.29, 0.717) is 24.5 Å². The summed E-state index contributed by atoms with van der Waals surface area (Å²) in [6.07, 6.45) is 0.300. The molecule has 4 nitrogen and oxygen atoms in total. The van der Waals surface area contributed by atoms with E-state index in [9.17, 15) is 4.79 Å². The van der Waals surface area contributed by atoms with Crippen molar-refractivity contribution in [1.82, 2.24) is 5.32 Å². The van der Waals surface area contributed by atoms with Gasteiger partial charge in [-0.05, 0) is 40.1 Å². The van der Waals surface area contributed by atoms with Gasteiger partial charge in [-0.3, -0.25) is 4.79 Å². The third kappa shape index (κ3) is 4.10. The van der Waals surface area contributed by atoms with Crippen LogP contribution in [0.4, 0.5) is 0 Å². The number of nitrogens with one attached hydrogen (secondary N) is 1. The molecule has 0 bridgehead atoms. The molecule has 4 heteroatoms. The molecule has 0 saturated heterocycles. The minimum atomic E-state index is -0.0274. The maximum atomic E-state index is 12.2. The second-order valence-electron chi connectivity index (χ2n) is 5.82. The Morgan fingerprint density at radius 1 is 0.840 bits per heavy atom. The Morgan fingerprint density at radius 2 is 1.56 bits per heavy atom. The van der Waals surface area contributed by atoms with Gasteiger partial charge in [-0.25, -0.2) is 0 Å². The predicted molar refractivity (Wildman–Crippen MR) is 99.0 cm³/mol. The van der Waals surface area contributed by atoms with Crippen molar-refractivity contribution in [3.05, 3.63) is 71.8 Å². The molecular formula is C21H21NO3. The van der Waals surface area contributed by atoms with Gasteiger partial charge >= 0.3 is 0 Å². The Balaban J connectivity index is 1.62.